The van der Waals surface area contributed by atoms with E-state index >= 15 is 0 Å². The Bertz CT molecular complexity index is 477. The van der Waals surface area contributed by atoms with Crippen LogP contribution in [0, 0.1) is 0 Å². The Morgan fingerprint density at radius 2 is 2.10 bits per heavy atom. The van der Waals surface area contributed by atoms with Crippen molar-refractivity contribution in [1.29, 1.82) is 0 Å². The molecule has 0 saturated carbocycles. The predicted molar refractivity (Wildman–Crippen MR) is 75.8 cm³/mol. The second-order valence-corrected chi connectivity index (χ2v) is 4.13. The van der Waals surface area contributed by atoms with E-state index in [4.69, 9.17) is 15.6 Å². The van der Waals surface area contributed by atoms with Crippen LogP contribution in [-0.4, -0.2) is 43.8 Å². The number of amides is 1. The number of carbonyl (C=O) groups is 2. The number of carbonyl (C=O) groups excluding carboxylic acids is 1. The van der Waals surface area contributed by atoms with E-state index in [-0.39, 0.29) is 11.5 Å². The molecular formula is C13H19N3O4. The van der Waals surface area contributed by atoms with E-state index in [1.807, 2.05) is 0 Å². The zero-order chi connectivity index (χ0) is 15.0. The number of hydrogen-bond acceptors (Lipinski definition) is 5. The summed E-state index contributed by atoms with van der Waals surface area (Å²) in [5.74, 6) is -1.11. The highest BCUT2D eigenvalue weighted by Crippen LogP contribution is 2.19. The van der Waals surface area contributed by atoms with E-state index in [0.717, 1.165) is 0 Å². The van der Waals surface area contributed by atoms with Gasteiger partial charge in [-0.25, -0.2) is 4.79 Å². The molecule has 0 saturated heterocycles. The van der Waals surface area contributed by atoms with Crippen LogP contribution in [-0.2, 0) is 9.53 Å². The number of aromatic carboxylic acids is 1. The molecule has 0 bridgehead atoms. The summed E-state index contributed by atoms with van der Waals surface area (Å²) in [6.07, 6.45) is 0.295. The molecule has 1 amide bonds. The molecule has 7 nitrogen and oxygen atoms in total. The van der Waals surface area contributed by atoms with Gasteiger partial charge in [-0.2, -0.15) is 0 Å². The van der Waals surface area contributed by atoms with Gasteiger partial charge in [-0.05, 0) is 18.2 Å². The van der Waals surface area contributed by atoms with Crippen LogP contribution in [0.5, 0.6) is 0 Å². The van der Waals surface area contributed by atoms with Crippen LogP contribution >= 0.6 is 0 Å². The van der Waals surface area contributed by atoms with Crippen LogP contribution in [0.2, 0.25) is 0 Å². The van der Waals surface area contributed by atoms with Crippen molar-refractivity contribution >= 4 is 23.3 Å². The molecule has 1 rings (SSSR count). The van der Waals surface area contributed by atoms with Gasteiger partial charge in [0.25, 0.3) is 0 Å². The first kappa shape index (κ1) is 15.8. The average molecular weight is 281 g/mol. The Morgan fingerprint density at radius 1 is 1.35 bits per heavy atom. The molecule has 7 heteroatoms. The predicted octanol–water partition coefficient (Wildman–Crippen LogP) is 0.532. The lowest BCUT2D eigenvalue weighted by molar-refractivity contribution is -0.121. The third kappa shape index (κ3) is 5.15. The molecule has 0 atom stereocenters. The number of hydrogen-bond donors (Lipinski definition) is 4. The molecule has 0 aliphatic rings. The molecule has 0 unspecified atom stereocenters. The molecule has 0 aliphatic carbocycles. The molecule has 0 radical (unpaired) electrons. The van der Waals surface area contributed by atoms with Crippen LogP contribution in [0.15, 0.2) is 18.2 Å². The molecule has 0 spiro atoms. The van der Waals surface area contributed by atoms with Gasteiger partial charge in [0.05, 0.1) is 23.5 Å². The van der Waals surface area contributed by atoms with Crippen LogP contribution in [0.4, 0.5) is 11.4 Å². The van der Waals surface area contributed by atoms with E-state index < -0.39 is 5.97 Å². The Labute approximate surface area is 117 Å². The van der Waals surface area contributed by atoms with Gasteiger partial charge in [0.2, 0.25) is 5.91 Å². The number of methoxy groups -OCH3 is 1. The summed E-state index contributed by atoms with van der Waals surface area (Å²) in [6.45, 7) is 1.36. The monoisotopic (exact) mass is 281 g/mol. The number of nitrogens with two attached hydrogens (primary N) is 1. The maximum atomic E-state index is 11.4. The standard InChI is InChI=1S/C13H19N3O4/c1-20-7-6-16-12(17)4-5-15-11-3-2-9(13(18)19)8-10(11)14/h2-3,8,15H,4-7,14H2,1H3,(H,16,17)(H,18,19). The summed E-state index contributed by atoms with van der Waals surface area (Å²) >= 11 is 0. The van der Waals surface area contributed by atoms with Gasteiger partial charge in [-0.1, -0.05) is 0 Å². The van der Waals surface area contributed by atoms with Crippen LogP contribution in [0.1, 0.15) is 16.8 Å². The minimum Gasteiger partial charge on any atom is -0.478 e. The molecular weight excluding hydrogens is 262 g/mol. The minimum absolute atomic E-state index is 0.0877. The van der Waals surface area contributed by atoms with E-state index in [1.54, 1.807) is 13.2 Å². The van der Waals surface area contributed by atoms with Crippen molar-refractivity contribution < 1.29 is 19.4 Å². The minimum atomic E-state index is -1.03. The van der Waals surface area contributed by atoms with E-state index in [1.165, 1.54) is 12.1 Å². The normalized spacial score (nSPS) is 10.1. The van der Waals surface area contributed by atoms with Crippen molar-refractivity contribution in [1.82, 2.24) is 5.32 Å². The lowest BCUT2D eigenvalue weighted by atomic mass is 10.1. The number of rotatable bonds is 8. The third-order valence-electron chi connectivity index (χ3n) is 2.59. The number of nitrogens with one attached hydrogen (secondary N) is 2. The molecule has 1 aromatic rings. The number of carboxylic acids is 1. The van der Waals surface area contributed by atoms with Gasteiger partial charge < -0.3 is 26.2 Å². The highest BCUT2D eigenvalue weighted by molar-refractivity contribution is 5.90. The number of carboxylic acid groups (broad SMARTS) is 1. The third-order valence-corrected chi connectivity index (χ3v) is 2.59. The molecule has 0 fully saturated rings. The van der Waals surface area contributed by atoms with Gasteiger partial charge in [0, 0.05) is 26.6 Å². The number of nitrogen functional groups attached to an aromatic ring is 1. The zero-order valence-corrected chi connectivity index (χ0v) is 11.3. The Morgan fingerprint density at radius 3 is 2.70 bits per heavy atom. The zero-order valence-electron chi connectivity index (χ0n) is 11.3. The Hall–Kier alpha value is -2.28. The molecule has 0 aromatic heterocycles. The van der Waals surface area contributed by atoms with Crippen LogP contribution in [0.3, 0.4) is 0 Å². The molecule has 0 aliphatic heterocycles. The number of anilines is 2. The second-order valence-electron chi connectivity index (χ2n) is 4.13. The summed E-state index contributed by atoms with van der Waals surface area (Å²) in [4.78, 5) is 22.2. The fourth-order valence-electron chi connectivity index (χ4n) is 1.55. The van der Waals surface area contributed by atoms with Crippen LogP contribution < -0.4 is 16.4 Å². The molecule has 5 N–H and O–H groups in total. The molecule has 20 heavy (non-hydrogen) atoms. The first-order valence-corrected chi connectivity index (χ1v) is 6.17. The van der Waals surface area contributed by atoms with Crippen molar-refractivity contribution in [2.75, 3.05) is 37.9 Å². The van der Waals surface area contributed by atoms with E-state index in [0.29, 0.717) is 37.5 Å². The lowest BCUT2D eigenvalue weighted by Crippen LogP contribution is -2.28. The summed E-state index contributed by atoms with van der Waals surface area (Å²) in [5, 5.41) is 14.5. The van der Waals surface area contributed by atoms with Gasteiger partial charge in [-0.3, -0.25) is 4.79 Å². The van der Waals surface area contributed by atoms with Crippen molar-refractivity contribution in [3.63, 3.8) is 0 Å². The molecule has 1 aromatic carbocycles. The smallest absolute Gasteiger partial charge is 0.335 e. The van der Waals surface area contributed by atoms with Crippen molar-refractivity contribution in [2.45, 2.75) is 6.42 Å². The van der Waals surface area contributed by atoms with Crippen molar-refractivity contribution in [3.8, 4) is 0 Å². The molecule has 110 valence electrons. The fourth-order valence-corrected chi connectivity index (χ4v) is 1.55. The van der Waals surface area contributed by atoms with Gasteiger partial charge in [-0.15, -0.1) is 0 Å². The summed E-state index contributed by atoms with van der Waals surface area (Å²) < 4.78 is 4.82. The highest BCUT2D eigenvalue weighted by Gasteiger charge is 2.06. The van der Waals surface area contributed by atoms with E-state index in [2.05, 4.69) is 10.6 Å². The highest BCUT2D eigenvalue weighted by atomic mass is 16.5. The topological polar surface area (TPSA) is 114 Å². The number of benzene rings is 1. The summed E-state index contributed by atoms with van der Waals surface area (Å²) in [6, 6.07) is 4.42. The van der Waals surface area contributed by atoms with E-state index in [9.17, 15) is 9.59 Å². The van der Waals surface area contributed by atoms with Gasteiger partial charge in [0.15, 0.2) is 0 Å². The molecule has 0 heterocycles. The average Bonchev–Trinajstić information content (AvgIpc) is 2.40. The van der Waals surface area contributed by atoms with Crippen molar-refractivity contribution in [3.05, 3.63) is 23.8 Å². The first-order valence-electron chi connectivity index (χ1n) is 6.17. The lowest BCUT2D eigenvalue weighted by Gasteiger charge is -2.10. The SMILES string of the molecule is COCCNC(=O)CCNc1ccc(C(=O)O)cc1N. The maximum Gasteiger partial charge on any atom is 0.335 e. The second kappa shape index (κ2) is 8.00. The quantitative estimate of drug-likeness (QED) is 0.408. The maximum absolute atomic E-state index is 11.4. The number of ether oxygens (including phenoxy) is 1. The van der Waals surface area contributed by atoms with Gasteiger partial charge >= 0.3 is 5.97 Å². The fraction of sp³-hybridized carbons (Fsp3) is 0.385. The summed E-state index contributed by atoms with van der Waals surface area (Å²) in [5.41, 5.74) is 6.81. The first-order chi connectivity index (χ1) is 9.54. The van der Waals surface area contributed by atoms with Crippen LogP contribution in [0.25, 0.3) is 0 Å². The van der Waals surface area contributed by atoms with Gasteiger partial charge in [0.1, 0.15) is 0 Å². The Kier molecular flexibility index (Phi) is 6.31. The Balaban J connectivity index is 2.38. The largest absolute Gasteiger partial charge is 0.478 e. The van der Waals surface area contributed by atoms with Crippen molar-refractivity contribution in [2.24, 2.45) is 0 Å². The summed E-state index contributed by atoms with van der Waals surface area (Å²) in [7, 11) is 1.57.